The summed E-state index contributed by atoms with van der Waals surface area (Å²) in [6.45, 7) is -0.274. The van der Waals surface area contributed by atoms with Crippen molar-refractivity contribution < 1.29 is 17.6 Å². The zero-order valence-corrected chi connectivity index (χ0v) is 14.9. The van der Waals surface area contributed by atoms with Gasteiger partial charge in [0.2, 0.25) is 0 Å². The predicted molar refractivity (Wildman–Crippen MR) is 94.8 cm³/mol. The van der Waals surface area contributed by atoms with Gasteiger partial charge >= 0.3 is 5.69 Å². The van der Waals surface area contributed by atoms with Crippen LogP contribution in [0.2, 0.25) is 0 Å². The lowest BCUT2D eigenvalue weighted by molar-refractivity contribution is 0.0972. The van der Waals surface area contributed by atoms with Crippen molar-refractivity contribution in [1.29, 1.82) is 0 Å². The molecule has 1 aliphatic rings. The number of carbonyl (C=O) groups is 1. The van der Waals surface area contributed by atoms with Gasteiger partial charge in [-0.3, -0.25) is 14.0 Å². The van der Waals surface area contributed by atoms with Crippen molar-refractivity contribution in [2.45, 2.75) is 19.0 Å². The van der Waals surface area contributed by atoms with Gasteiger partial charge in [-0.25, -0.2) is 17.6 Å². The van der Waals surface area contributed by atoms with Crippen LogP contribution < -0.4 is 5.69 Å². The minimum atomic E-state index is -3.10. The van der Waals surface area contributed by atoms with E-state index in [4.69, 9.17) is 0 Å². The molecule has 0 N–H and O–H groups in total. The molecule has 1 aromatic carbocycles. The maximum atomic E-state index is 13.0. The van der Waals surface area contributed by atoms with Crippen LogP contribution in [0.15, 0.2) is 41.5 Å². The van der Waals surface area contributed by atoms with Crippen LogP contribution in [0.25, 0.3) is 11.0 Å². The average molecular weight is 390 g/mol. The Morgan fingerprint density at radius 1 is 1.19 bits per heavy atom. The van der Waals surface area contributed by atoms with Crippen LogP contribution in [0, 0.1) is 5.82 Å². The van der Waals surface area contributed by atoms with Crippen molar-refractivity contribution in [2.75, 3.05) is 11.5 Å². The Morgan fingerprint density at radius 2 is 1.93 bits per heavy atom. The van der Waals surface area contributed by atoms with E-state index in [1.54, 1.807) is 4.68 Å². The van der Waals surface area contributed by atoms with E-state index in [-0.39, 0.29) is 35.4 Å². The minimum absolute atomic E-state index is 0.0165. The number of ketones is 1. The third kappa shape index (κ3) is 3.27. The zero-order chi connectivity index (χ0) is 19.2. The Bertz CT molecular complexity index is 1200. The fourth-order valence-corrected chi connectivity index (χ4v) is 4.96. The Labute approximate surface area is 153 Å². The number of hydrogen-bond acceptors (Lipinski definition) is 6. The van der Waals surface area contributed by atoms with E-state index < -0.39 is 21.3 Å². The number of rotatable bonds is 4. The van der Waals surface area contributed by atoms with Crippen LogP contribution in [0.1, 0.15) is 22.8 Å². The molecule has 2 aromatic heterocycles. The number of aromatic nitrogens is 4. The summed E-state index contributed by atoms with van der Waals surface area (Å²) < 4.78 is 39.2. The minimum Gasteiger partial charge on any atom is -0.292 e. The van der Waals surface area contributed by atoms with Gasteiger partial charge in [-0.15, -0.1) is 0 Å². The predicted octanol–water partition coefficient (Wildman–Crippen LogP) is 0.975. The number of Topliss-reactive ketones (excluding diaryl/α,β-unsaturated/α-hetero) is 1. The van der Waals surface area contributed by atoms with E-state index in [9.17, 15) is 22.4 Å². The molecule has 0 amide bonds. The lowest BCUT2D eigenvalue weighted by atomic mass is 10.1. The Hall–Kier alpha value is -2.88. The van der Waals surface area contributed by atoms with Gasteiger partial charge in [-0.1, -0.05) is 0 Å². The van der Waals surface area contributed by atoms with E-state index in [2.05, 4.69) is 10.1 Å². The van der Waals surface area contributed by atoms with Crippen molar-refractivity contribution in [3.63, 3.8) is 0 Å². The van der Waals surface area contributed by atoms with Gasteiger partial charge in [0.15, 0.2) is 15.6 Å². The molecule has 3 aromatic rings. The van der Waals surface area contributed by atoms with E-state index in [1.807, 2.05) is 0 Å². The first-order valence-corrected chi connectivity index (χ1v) is 10.1. The van der Waals surface area contributed by atoms with Gasteiger partial charge in [0.1, 0.15) is 11.3 Å². The van der Waals surface area contributed by atoms with Gasteiger partial charge in [0, 0.05) is 5.56 Å². The lowest BCUT2D eigenvalue weighted by Crippen LogP contribution is -2.26. The molecule has 3 heterocycles. The summed E-state index contributed by atoms with van der Waals surface area (Å²) in [6.07, 6.45) is 3.21. The topological polar surface area (TPSA) is 104 Å². The van der Waals surface area contributed by atoms with Crippen LogP contribution in [0.3, 0.4) is 0 Å². The van der Waals surface area contributed by atoms with E-state index in [0.717, 1.165) is 0 Å². The van der Waals surface area contributed by atoms with Crippen molar-refractivity contribution in [3.05, 3.63) is 58.5 Å². The van der Waals surface area contributed by atoms with Crippen LogP contribution in [-0.2, 0) is 16.4 Å². The molecule has 0 saturated carbocycles. The first-order valence-electron chi connectivity index (χ1n) is 8.26. The molecule has 1 aliphatic heterocycles. The number of halogens is 1. The molecule has 1 fully saturated rings. The van der Waals surface area contributed by atoms with Gasteiger partial charge in [-0.2, -0.15) is 10.1 Å². The Morgan fingerprint density at radius 3 is 2.59 bits per heavy atom. The van der Waals surface area contributed by atoms with E-state index in [1.165, 1.54) is 41.2 Å². The van der Waals surface area contributed by atoms with Gasteiger partial charge < -0.3 is 0 Å². The smallest absolute Gasteiger partial charge is 0.292 e. The maximum absolute atomic E-state index is 13.0. The molecule has 1 saturated heterocycles. The number of nitrogens with zero attached hydrogens (tertiary/aromatic N) is 4. The second-order valence-corrected chi connectivity index (χ2v) is 8.70. The standard InChI is InChI=1S/C17H15FN4O4S/c18-12-3-1-11(2-4-12)16(23)9-21-14-8-20-22(15(14)7-19-17(21)24)13-5-6-27(25,26)10-13/h1-4,7-8,13H,5-6,9-10H2. The second-order valence-electron chi connectivity index (χ2n) is 6.47. The quantitative estimate of drug-likeness (QED) is 0.615. The van der Waals surface area contributed by atoms with Crippen molar-refractivity contribution in [2.24, 2.45) is 0 Å². The van der Waals surface area contributed by atoms with Crippen LogP contribution >= 0.6 is 0 Å². The number of carbonyl (C=O) groups excluding carboxylic acids is 1. The molecule has 1 atom stereocenters. The molecule has 10 heteroatoms. The highest BCUT2D eigenvalue weighted by molar-refractivity contribution is 7.91. The first-order chi connectivity index (χ1) is 12.8. The molecular formula is C17H15FN4O4S. The Kier molecular flexibility index (Phi) is 4.14. The van der Waals surface area contributed by atoms with Crippen molar-refractivity contribution in [1.82, 2.24) is 19.3 Å². The largest absolute Gasteiger partial charge is 0.348 e. The molecule has 0 aliphatic carbocycles. The molecule has 0 radical (unpaired) electrons. The normalized spacial score (nSPS) is 18.8. The molecule has 8 nitrogen and oxygen atoms in total. The summed E-state index contributed by atoms with van der Waals surface area (Å²) in [5, 5.41) is 4.23. The molecule has 4 rings (SSSR count). The maximum Gasteiger partial charge on any atom is 0.348 e. The Balaban J connectivity index is 1.71. The number of fused-ring (bicyclic) bond motifs is 1. The number of benzene rings is 1. The van der Waals surface area contributed by atoms with E-state index >= 15 is 0 Å². The number of sulfone groups is 1. The summed E-state index contributed by atoms with van der Waals surface area (Å²) in [5.41, 5.74) is 0.546. The SMILES string of the molecule is O=C(Cn1c(=O)ncc2c1cnn2C1CCS(=O)(=O)C1)c1ccc(F)cc1. The molecule has 0 spiro atoms. The number of hydrogen-bond donors (Lipinski definition) is 0. The molecule has 140 valence electrons. The van der Waals surface area contributed by atoms with Gasteiger partial charge in [-0.05, 0) is 30.7 Å². The van der Waals surface area contributed by atoms with Crippen molar-refractivity contribution in [3.8, 4) is 0 Å². The van der Waals surface area contributed by atoms with Gasteiger partial charge in [0.05, 0.1) is 42.0 Å². The summed E-state index contributed by atoms with van der Waals surface area (Å²) in [4.78, 5) is 28.4. The summed E-state index contributed by atoms with van der Waals surface area (Å²) in [5.74, 6) is -0.755. The molecular weight excluding hydrogens is 375 g/mol. The van der Waals surface area contributed by atoms with Crippen LogP contribution in [0.4, 0.5) is 4.39 Å². The monoisotopic (exact) mass is 390 g/mol. The third-order valence-electron chi connectivity index (χ3n) is 4.65. The molecule has 1 unspecified atom stereocenters. The highest BCUT2D eigenvalue weighted by Crippen LogP contribution is 2.26. The second kappa shape index (κ2) is 6.38. The lowest BCUT2D eigenvalue weighted by Gasteiger charge is -2.11. The highest BCUT2D eigenvalue weighted by Gasteiger charge is 2.31. The summed E-state index contributed by atoms with van der Waals surface area (Å²) in [6, 6.07) is 4.72. The first kappa shape index (κ1) is 17.5. The average Bonchev–Trinajstić information content (AvgIpc) is 3.20. The zero-order valence-electron chi connectivity index (χ0n) is 14.1. The van der Waals surface area contributed by atoms with Crippen LogP contribution in [-0.4, -0.2) is 45.0 Å². The summed E-state index contributed by atoms with van der Waals surface area (Å²) in [7, 11) is -3.10. The van der Waals surface area contributed by atoms with Crippen LogP contribution in [0.5, 0.6) is 0 Å². The third-order valence-corrected chi connectivity index (χ3v) is 6.41. The fourth-order valence-electron chi connectivity index (χ4n) is 3.27. The molecule has 0 bridgehead atoms. The van der Waals surface area contributed by atoms with Crippen molar-refractivity contribution >= 4 is 26.7 Å². The van der Waals surface area contributed by atoms with Gasteiger partial charge in [0.25, 0.3) is 0 Å². The highest BCUT2D eigenvalue weighted by atomic mass is 32.2. The molecule has 27 heavy (non-hydrogen) atoms. The van der Waals surface area contributed by atoms with E-state index in [0.29, 0.717) is 17.5 Å². The summed E-state index contributed by atoms with van der Waals surface area (Å²) >= 11 is 0. The fraction of sp³-hybridized carbons (Fsp3) is 0.294.